The predicted molar refractivity (Wildman–Crippen MR) is 130 cm³/mol. The Hall–Kier alpha value is -3.45. The molecule has 32 heavy (non-hydrogen) atoms. The first-order chi connectivity index (χ1) is 15.4. The minimum atomic E-state index is -0.00716. The van der Waals surface area contributed by atoms with Crippen LogP contribution in [0.1, 0.15) is 23.4 Å². The van der Waals surface area contributed by atoms with Crippen molar-refractivity contribution < 1.29 is 4.79 Å². The Balaban J connectivity index is 0.000000567. The Labute approximate surface area is 188 Å². The summed E-state index contributed by atoms with van der Waals surface area (Å²) in [5.41, 5.74) is 6.88. The minimum Gasteiger partial charge on any atom is -0.316 e. The van der Waals surface area contributed by atoms with Crippen molar-refractivity contribution in [3.63, 3.8) is 0 Å². The molecule has 0 spiro atoms. The fourth-order valence-corrected chi connectivity index (χ4v) is 4.45. The van der Waals surface area contributed by atoms with E-state index in [4.69, 9.17) is 0 Å². The van der Waals surface area contributed by atoms with Crippen LogP contribution in [-0.4, -0.2) is 57.2 Å². The minimum absolute atomic E-state index is 0.00716. The smallest absolute Gasteiger partial charge is 0.316 e. The van der Waals surface area contributed by atoms with Gasteiger partial charge in [-0.25, -0.2) is 4.79 Å². The Bertz CT molecular complexity index is 1150. The van der Waals surface area contributed by atoms with E-state index in [0.29, 0.717) is 6.54 Å². The van der Waals surface area contributed by atoms with Gasteiger partial charge in [0.15, 0.2) is 0 Å². The molecule has 0 aliphatic carbocycles. The molecular weight excluding hydrogens is 400 g/mol. The number of aryl methyl sites for hydroxylation is 2. The first-order valence-electron chi connectivity index (χ1n) is 10.9. The van der Waals surface area contributed by atoms with Crippen molar-refractivity contribution in [2.45, 2.75) is 32.9 Å². The van der Waals surface area contributed by atoms with Gasteiger partial charge in [0.1, 0.15) is 5.69 Å². The molecule has 3 aromatic rings. The van der Waals surface area contributed by atoms with Crippen LogP contribution in [0, 0.1) is 13.8 Å². The van der Waals surface area contributed by atoms with Crippen molar-refractivity contribution >= 4 is 22.6 Å². The SMILES string of the molecule is C=CC=C.Cc1cc(-c2n[nH]c3cc4c(cc23)CN(C2CCN(C)C2)C(=O)N4)cc(C)n1. The normalized spacial score (nSPS) is 18.0. The standard InChI is InChI=1S/C21H24N6O.C4H6/c1-12-6-14(7-13(2)22-12)20-17-8-15-10-27(16-4-5-26(3)11-16)21(28)23-18(15)9-19(17)24-25-20;1-3-4-2/h6-9,16H,4-5,10-11H2,1-3H3,(H,23,28)(H,24,25);3-4H,1-2H2. The lowest BCUT2D eigenvalue weighted by Crippen LogP contribution is -2.46. The Morgan fingerprint density at radius 2 is 1.84 bits per heavy atom. The van der Waals surface area contributed by atoms with Crippen LogP contribution in [0.2, 0.25) is 0 Å². The average Bonchev–Trinajstić information content (AvgIpc) is 3.37. The summed E-state index contributed by atoms with van der Waals surface area (Å²) >= 11 is 0. The maximum atomic E-state index is 12.7. The number of H-pyrrole nitrogens is 1. The van der Waals surface area contributed by atoms with Gasteiger partial charge in [-0.15, -0.1) is 0 Å². The van der Waals surface area contributed by atoms with Gasteiger partial charge in [-0.3, -0.25) is 10.1 Å². The number of rotatable bonds is 3. The van der Waals surface area contributed by atoms with E-state index in [0.717, 1.165) is 64.3 Å². The first-order valence-corrected chi connectivity index (χ1v) is 10.9. The summed E-state index contributed by atoms with van der Waals surface area (Å²) in [4.78, 5) is 21.4. The zero-order valence-corrected chi connectivity index (χ0v) is 19.0. The van der Waals surface area contributed by atoms with Gasteiger partial charge in [0.2, 0.25) is 0 Å². The van der Waals surface area contributed by atoms with Crippen molar-refractivity contribution in [2.24, 2.45) is 0 Å². The summed E-state index contributed by atoms with van der Waals surface area (Å²) in [5, 5.41) is 11.8. The molecule has 1 fully saturated rings. The highest BCUT2D eigenvalue weighted by Crippen LogP contribution is 2.34. The number of carbonyl (C=O) groups is 1. The van der Waals surface area contributed by atoms with E-state index in [1.54, 1.807) is 12.2 Å². The molecule has 2 aromatic heterocycles. The van der Waals surface area contributed by atoms with Crippen LogP contribution in [0.15, 0.2) is 49.6 Å². The van der Waals surface area contributed by atoms with Crippen LogP contribution < -0.4 is 5.32 Å². The monoisotopic (exact) mass is 430 g/mol. The molecule has 7 nitrogen and oxygen atoms in total. The van der Waals surface area contributed by atoms with Gasteiger partial charge in [-0.1, -0.05) is 25.3 Å². The van der Waals surface area contributed by atoms with Crippen molar-refractivity contribution in [2.75, 3.05) is 25.5 Å². The van der Waals surface area contributed by atoms with Gasteiger partial charge in [0.05, 0.1) is 5.52 Å². The number of aromatic nitrogens is 3. The average molecular weight is 431 g/mol. The zero-order valence-electron chi connectivity index (χ0n) is 19.0. The predicted octanol–water partition coefficient (Wildman–Crippen LogP) is 4.65. The number of anilines is 1. The number of pyridine rings is 1. The molecule has 4 heterocycles. The Morgan fingerprint density at radius 3 is 2.47 bits per heavy atom. The second-order valence-corrected chi connectivity index (χ2v) is 8.50. The van der Waals surface area contributed by atoms with Crippen LogP contribution in [0.25, 0.3) is 22.2 Å². The van der Waals surface area contributed by atoms with Gasteiger partial charge in [-0.05, 0) is 63.7 Å². The van der Waals surface area contributed by atoms with Gasteiger partial charge in [-0.2, -0.15) is 5.10 Å². The lowest BCUT2D eigenvalue weighted by atomic mass is 10.0. The van der Waals surface area contributed by atoms with E-state index in [-0.39, 0.29) is 12.1 Å². The third-order valence-electron chi connectivity index (χ3n) is 5.96. The number of likely N-dealkylation sites (N-methyl/N-ethyl adjacent to an activating group) is 1. The van der Waals surface area contributed by atoms with Gasteiger partial charge in [0.25, 0.3) is 0 Å². The molecule has 1 saturated heterocycles. The molecule has 2 N–H and O–H groups in total. The molecule has 1 unspecified atom stereocenters. The van der Waals surface area contributed by atoms with Crippen LogP contribution in [0.3, 0.4) is 0 Å². The summed E-state index contributed by atoms with van der Waals surface area (Å²) in [5.74, 6) is 0. The lowest BCUT2D eigenvalue weighted by Gasteiger charge is -2.34. The number of nitrogens with one attached hydrogen (secondary N) is 2. The summed E-state index contributed by atoms with van der Waals surface area (Å²) in [7, 11) is 2.11. The second kappa shape index (κ2) is 8.96. The van der Waals surface area contributed by atoms with Gasteiger partial charge >= 0.3 is 6.03 Å². The number of amides is 2. The van der Waals surface area contributed by atoms with E-state index >= 15 is 0 Å². The van der Waals surface area contributed by atoms with E-state index in [1.165, 1.54) is 0 Å². The molecular formula is C25H30N6O. The number of fused-ring (bicyclic) bond motifs is 2. The number of aromatic amines is 1. The summed E-state index contributed by atoms with van der Waals surface area (Å²) in [6, 6.07) is 8.54. The van der Waals surface area contributed by atoms with E-state index in [9.17, 15) is 4.79 Å². The fraction of sp³-hybridized carbons (Fsp3) is 0.320. The van der Waals surface area contributed by atoms with Gasteiger partial charge in [0, 0.05) is 47.2 Å². The van der Waals surface area contributed by atoms with E-state index in [2.05, 4.69) is 63.8 Å². The molecule has 1 atom stereocenters. The number of carbonyl (C=O) groups excluding carboxylic acids is 1. The number of allylic oxidation sites excluding steroid dienone is 2. The largest absolute Gasteiger partial charge is 0.322 e. The first kappa shape index (κ1) is 21.8. The van der Waals surface area contributed by atoms with Crippen LogP contribution in [0.4, 0.5) is 10.5 Å². The molecule has 0 saturated carbocycles. The quantitative estimate of drug-likeness (QED) is 0.593. The highest BCUT2D eigenvalue weighted by Gasteiger charge is 2.33. The molecule has 5 rings (SSSR count). The molecule has 2 aliphatic heterocycles. The summed E-state index contributed by atoms with van der Waals surface area (Å²) in [6.07, 6.45) is 4.30. The summed E-state index contributed by atoms with van der Waals surface area (Å²) < 4.78 is 0. The number of hydrogen-bond donors (Lipinski definition) is 2. The highest BCUT2D eigenvalue weighted by atomic mass is 16.2. The molecule has 0 radical (unpaired) electrons. The third-order valence-corrected chi connectivity index (χ3v) is 5.96. The van der Waals surface area contributed by atoms with Crippen LogP contribution in [0.5, 0.6) is 0 Å². The summed E-state index contributed by atoms with van der Waals surface area (Å²) in [6.45, 7) is 13.3. The molecule has 2 amide bonds. The maximum Gasteiger partial charge on any atom is 0.322 e. The van der Waals surface area contributed by atoms with E-state index < -0.39 is 0 Å². The molecule has 2 aliphatic rings. The Morgan fingerprint density at radius 1 is 1.12 bits per heavy atom. The number of likely N-dealkylation sites (tertiary alicyclic amines) is 1. The number of nitrogens with zero attached hydrogens (tertiary/aromatic N) is 4. The molecule has 7 heteroatoms. The topological polar surface area (TPSA) is 77.2 Å². The number of hydrogen-bond acceptors (Lipinski definition) is 4. The molecule has 0 bridgehead atoms. The van der Waals surface area contributed by atoms with Crippen LogP contribution >= 0.6 is 0 Å². The lowest BCUT2D eigenvalue weighted by molar-refractivity contribution is 0.182. The fourth-order valence-electron chi connectivity index (χ4n) is 4.45. The highest BCUT2D eigenvalue weighted by molar-refractivity contribution is 6.00. The second-order valence-electron chi connectivity index (χ2n) is 8.50. The van der Waals surface area contributed by atoms with E-state index in [1.807, 2.05) is 24.8 Å². The third kappa shape index (κ3) is 4.29. The molecule has 1 aromatic carbocycles. The van der Waals surface area contributed by atoms with Crippen molar-refractivity contribution in [3.8, 4) is 11.3 Å². The number of urea groups is 1. The van der Waals surface area contributed by atoms with Crippen molar-refractivity contribution in [1.82, 2.24) is 25.0 Å². The van der Waals surface area contributed by atoms with Gasteiger partial charge < -0.3 is 15.1 Å². The van der Waals surface area contributed by atoms with Crippen molar-refractivity contribution in [3.05, 3.63) is 66.5 Å². The molecule has 166 valence electrons. The van der Waals surface area contributed by atoms with Crippen molar-refractivity contribution in [1.29, 1.82) is 0 Å². The van der Waals surface area contributed by atoms with Crippen LogP contribution in [-0.2, 0) is 6.54 Å². The number of benzene rings is 1. The zero-order chi connectivity index (χ0) is 22.8. The maximum absolute atomic E-state index is 12.7. The Kier molecular flexibility index (Phi) is 6.10.